The molecule has 1 aliphatic heterocycles. The molecule has 156 valence electrons. The Hall–Kier alpha value is -1.94. The van der Waals surface area contributed by atoms with Crippen LogP contribution in [0.4, 0.5) is 0 Å². The van der Waals surface area contributed by atoms with Crippen LogP contribution in [-0.2, 0) is 19.6 Å². The summed E-state index contributed by atoms with van der Waals surface area (Å²) in [6.07, 6.45) is 1.36. The van der Waals surface area contributed by atoms with E-state index in [9.17, 15) is 13.2 Å². The molecular weight excluding hydrogens is 410 g/mol. The molecule has 0 aliphatic carbocycles. The Labute approximate surface area is 176 Å². The van der Waals surface area contributed by atoms with Gasteiger partial charge in [0.1, 0.15) is 4.90 Å². The van der Waals surface area contributed by atoms with Crippen LogP contribution in [0.5, 0.6) is 0 Å². The van der Waals surface area contributed by atoms with E-state index in [4.69, 9.17) is 4.74 Å². The van der Waals surface area contributed by atoms with E-state index >= 15 is 0 Å². The van der Waals surface area contributed by atoms with E-state index in [2.05, 4.69) is 4.98 Å². The zero-order chi connectivity index (χ0) is 20.9. The summed E-state index contributed by atoms with van der Waals surface area (Å²) in [5, 5.41) is 0.611. The van der Waals surface area contributed by atoms with Crippen LogP contribution < -0.4 is 0 Å². The number of morpholine rings is 1. The molecule has 9 heteroatoms. The molecule has 2 aromatic rings. The van der Waals surface area contributed by atoms with E-state index in [1.54, 1.807) is 24.1 Å². The Balaban J connectivity index is 1.58. The molecule has 1 aliphatic rings. The Morgan fingerprint density at radius 2 is 1.90 bits per heavy atom. The summed E-state index contributed by atoms with van der Waals surface area (Å²) in [5.41, 5.74) is 1.07. The maximum absolute atomic E-state index is 12.6. The van der Waals surface area contributed by atoms with Crippen molar-refractivity contribution >= 4 is 27.7 Å². The van der Waals surface area contributed by atoms with Crippen LogP contribution in [0.1, 0.15) is 18.5 Å². The lowest BCUT2D eigenvalue weighted by molar-refractivity contribution is -0.128. The van der Waals surface area contributed by atoms with Gasteiger partial charge in [-0.3, -0.25) is 4.79 Å². The quantitative estimate of drug-likeness (QED) is 0.622. The molecule has 1 aromatic carbocycles. The van der Waals surface area contributed by atoms with Crippen molar-refractivity contribution in [2.45, 2.75) is 22.9 Å². The second-order valence-electron chi connectivity index (χ2n) is 6.73. The molecule has 29 heavy (non-hydrogen) atoms. The van der Waals surface area contributed by atoms with Crippen molar-refractivity contribution in [1.29, 1.82) is 0 Å². The molecule has 0 saturated carbocycles. The van der Waals surface area contributed by atoms with Crippen molar-refractivity contribution in [2.24, 2.45) is 0 Å². The lowest BCUT2D eigenvalue weighted by Crippen LogP contribution is -2.40. The summed E-state index contributed by atoms with van der Waals surface area (Å²) >= 11 is 1.29. The number of sulfonamides is 1. The average molecular weight is 436 g/mol. The van der Waals surface area contributed by atoms with Crippen LogP contribution in [-0.4, -0.2) is 67.6 Å². The number of nitrogens with zero attached hydrogens (tertiary/aromatic N) is 3. The predicted octanol–water partition coefficient (Wildman–Crippen LogP) is 2.41. The number of ether oxygens (including phenoxy) is 1. The van der Waals surface area contributed by atoms with Gasteiger partial charge in [-0.25, -0.2) is 13.4 Å². The minimum atomic E-state index is -3.56. The van der Waals surface area contributed by atoms with Crippen LogP contribution in [0.15, 0.2) is 58.6 Å². The van der Waals surface area contributed by atoms with Crippen molar-refractivity contribution < 1.29 is 17.9 Å². The van der Waals surface area contributed by atoms with Gasteiger partial charge in [-0.05, 0) is 24.6 Å². The van der Waals surface area contributed by atoms with Crippen LogP contribution in [0.2, 0.25) is 0 Å². The fourth-order valence-corrected chi connectivity index (χ4v) is 5.07. The van der Waals surface area contributed by atoms with E-state index in [1.807, 2.05) is 37.3 Å². The van der Waals surface area contributed by atoms with Gasteiger partial charge in [-0.1, -0.05) is 42.1 Å². The van der Waals surface area contributed by atoms with Gasteiger partial charge in [0.05, 0.1) is 30.0 Å². The number of carbonyl (C=O) groups is 1. The van der Waals surface area contributed by atoms with Crippen molar-refractivity contribution in [2.75, 3.05) is 39.1 Å². The minimum Gasteiger partial charge on any atom is -0.379 e. The second kappa shape index (κ2) is 9.71. The van der Waals surface area contributed by atoms with Crippen LogP contribution in [0.3, 0.4) is 0 Å². The number of benzene rings is 1. The van der Waals surface area contributed by atoms with Crippen molar-refractivity contribution in [3.05, 3.63) is 54.2 Å². The fourth-order valence-electron chi connectivity index (χ4n) is 2.95. The van der Waals surface area contributed by atoms with Gasteiger partial charge in [-0.15, -0.1) is 0 Å². The van der Waals surface area contributed by atoms with Gasteiger partial charge in [0.2, 0.25) is 15.9 Å². The van der Waals surface area contributed by atoms with Gasteiger partial charge < -0.3 is 9.64 Å². The third-order valence-corrected chi connectivity index (χ3v) is 7.73. The SMILES string of the molecule is CC(c1ccccc1)N(C)C(=O)CSc1ccc(S(=O)(=O)N2CCOCC2)cn1. The molecule has 3 rings (SSSR count). The van der Waals surface area contributed by atoms with Gasteiger partial charge in [0.15, 0.2) is 0 Å². The molecular formula is C20H25N3O4S2. The second-order valence-corrected chi connectivity index (χ2v) is 9.66. The molecule has 0 N–H and O–H groups in total. The van der Waals surface area contributed by atoms with Gasteiger partial charge in [0, 0.05) is 26.3 Å². The number of aromatic nitrogens is 1. The van der Waals surface area contributed by atoms with Gasteiger partial charge >= 0.3 is 0 Å². The minimum absolute atomic E-state index is 0.0156. The summed E-state index contributed by atoms with van der Waals surface area (Å²) in [5.74, 6) is 0.217. The molecule has 1 unspecified atom stereocenters. The molecule has 0 spiro atoms. The summed E-state index contributed by atoms with van der Waals surface area (Å²) in [4.78, 5) is 18.6. The zero-order valence-corrected chi connectivity index (χ0v) is 18.2. The number of rotatable bonds is 7. The van der Waals surface area contributed by atoms with Crippen LogP contribution in [0.25, 0.3) is 0 Å². The van der Waals surface area contributed by atoms with E-state index in [-0.39, 0.29) is 22.6 Å². The third-order valence-electron chi connectivity index (χ3n) is 4.92. The molecule has 0 radical (unpaired) electrons. The molecule has 1 saturated heterocycles. The summed E-state index contributed by atoms with van der Waals surface area (Å²) in [6, 6.07) is 13.0. The van der Waals surface area contributed by atoms with Gasteiger partial charge in [-0.2, -0.15) is 4.31 Å². The highest BCUT2D eigenvalue weighted by molar-refractivity contribution is 7.99. The lowest BCUT2D eigenvalue weighted by atomic mass is 10.1. The van der Waals surface area contributed by atoms with Crippen molar-refractivity contribution in [3.8, 4) is 0 Å². The monoisotopic (exact) mass is 435 g/mol. The van der Waals surface area contributed by atoms with E-state index < -0.39 is 10.0 Å². The molecule has 0 bridgehead atoms. The number of carbonyl (C=O) groups excluding carboxylic acids is 1. The van der Waals surface area contributed by atoms with E-state index in [1.165, 1.54) is 22.3 Å². The van der Waals surface area contributed by atoms with E-state index in [0.717, 1.165) is 5.56 Å². The largest absolute Gasteiger partial charge is 0.379 e. The molecule has 7 nitrogen and oxygen atoms in total. The smallest absolute Gasteiger partial charge is 0.244 e. The topological polar surface area (TPSA) is 79.8 Å². The first kappa shape index (κ1) is 21.8. The first-order valence-corrected chi connectivity index (χ1v) is 11.8. The molecule has 1 fully saturated rings. The number of thioether (sulfide) groups is 1. The number of hydrogen-bond acceptors (Lipinski definition) is 6. The van der Waals surface area contributed by atoms with Crippen LogP contribution >= 0.6 is 11.8 Å². The fraction of sp³-hybridized carbons (Fsp3) is 0.400. The van der Waals surface area contributed by atoms with Crippen LogP contribution in [0, 0.1) is 0 Å². The maximum atomic E-state index is 12.6. The first-order valence-electron chi connectivity index (χ1n) is 9.37. The number of amides is 1. The Morgan fingerprint density at radius 1 is 1.21 bits per heavy atom. The summed E-state index contributed by atoms with van der Waals surface area (Å²) in [7, 11) is -1.78. The highest BCUT2D eigenvalue weighted by Crippen LogP contribution is 2.23. The number of pyridine rings is 1. The first-order chi connectivity index (χ1) is 13.9. The molecule has 1 amide bonds. The number of hydrogen-bond donors (Lipinski definition) is 0. The summed E-state index contributed by atoms with van der Waals surface area (Å²) in [6.45, 7) is 3.48. The molecule has 1 atom stereocenters. The van der Waals surface area contributed by atoms with E-state index in [0.29, 0.717) is 31.3 Å². The highest BCUT2D eigenvalue weighted by Gasteiger charge is 2.26. The standard InChI is InChI=1S/C20H25N3O4S2/c1-16(17-6-4-3-5-7-17)22(2)20(24)15-28-19-9-8-18(14-21-19)29(25,26)23-10-12-27-13-11-23/h3-9,14,16H,10-13,15H2,1-2H3. The Bertz CT molecular complexity index is 915. The molecule has 2 heterocycles. The third kappa shape index (κ3) is 5.36. The molecule has 1 aromatic heterocycles. The lowest BCUT2D eigenvalue weighted by Gasteiger charge is -2.26. The van der Waals surface area contributed by atoms with Crippen molar-refractivity contribution in [1.82, 2.24) is 14.2 Å². The normalized spacial score (nSPS) is 16.3. The summed E-state index contributed by atoms with van der Waals surface area (Å²) < 4.78 is 31.9. The van der Waals surface area contributed by atoms with Gasteiger partial charge in [0.25, 0.3) is 0 Å². The predicted molar refractivity (Wildman–Crippen MR) is 112 cm³/mol. The Kier molecular flexibility index (Phi) is 7.28. The van der Waals surface area contributed by atoms with Crippen molar-refractivity contribution in [3.63, 3.8) is 0 Å². The maximum Gasteiger partial charge on any atom is 0.244 e. The average Bonchev–Trinajstić information content (AvgIpc) is 2.78. The zero-order valence-electron chi connectivity index (χ0n) is 16.5. The Morgan fingerprint density at radius 3 is 2.52 bits per heavy atom. The highest BCUT2D eigenvalue weighted by atomic mass is 32.2.